The molecule has 0 aromatic carbocycles. The predicted molar refractivity (Wildman–Crippen MR) is 138 cm³/mol. The van der Waals surface area contributed by atoms with E-state index in [0.29, 0.717) is 19.1 Å². The van der Waals surface area contributed by atoms with E-state index in [-0.39, 0.29) is 17.0 Å². The van der Waals surface area contributed by atoms with E-state index in [0.717, 1.165) is 48.9 Å². The van der Waals surface area contributed by atoms with Crippen molar-refractivity contribution >= 4 is 19.8 Å². The number of unbranched alkanes of at least 4 members (excludes halogenated alkanes) is 3. The molecule has 0 bridgehead atoms. The minimum atomic E-state index is -0.403. The minimum absolute atomic E-state index is 0.0212. The van der Waals surface area contributed by atoms with Crippen molar-refractivity contribution in [1.29, 1.82) is 0 Å². The zero-order chi connectivity index (χ0) is 24.8. The number of hydrogen-bond acceptors (Lipinski definition) is 3. The average Bonchev–Trinajstić information content (AvgIpc) is 2.93. The molecule has 1 aliphatic rings. The number of amides is 1. The summed E-state index contributed by atoms with van der Waals surface area (Å²) in [6.07, 6.45) is 4.67. The number of carbonyl (C=O) groups excluding carboxylic acids is 2. The van der Waals surface area contributed by atoms with Crippen molar-refractivity contribution < 1.29 is 14.3 Å². The Kier molecular flexibility index (Phi) is 17.0. The lowest BCUT2D eigenvalue weighted by atomic mass is 9.92. The van der Waals surface area contributed by atoms with Gasteiger partial charge in [0.1, 0.15) is 0 Å². The lowest BCUT2D eigenvalue weighted by Gasteiger charge is -2.38. The summed E-state index contributed by atoms with van der Waals surface area (Å²) in [7, 11) is -0.403. The van der Waals surface area contributed by atoms with Gasteiger partial charge in [-0.1, -0.05) is 69.4 Å². The molecule has 5 heteroatoms. The minimum Gasteiger partial charge on any atom is -0.465 e. The first-order chi connectivity index (χ1) is 14.6. The molecule has 1 aliphatic heterocycles. The second-order valence-corrected chi connectivity index (χ2v) is 10.6. The van der Waals surface area contributed by atoms with Gasteiger partial charge in [-0.3, -0.25) is 9.59 Å². The van der Waals surface area contributed by atoms with Gasteiger partial charge < -0.3 is 9.64 Å². The van der Waals surface area contributed by atoms with Gasteiger partial charge in [-0.2, -0.15) is 0 Å². The van der Waals surface area contributed by atoms with Gasteiger partial charge in [0.05, 0.1) is 11.8 Å². The van der Waals surface area contributed by atoms with Crippen molar-refractivity contribution in [3.63, 3.8) is 0 Å². The van der Waals surface area contributed by atoms with Crippen molar-refractivity contribution in [1.82, 2.24) is 4.90 Å². The van der Waals surface area contributed by atoms with Crippen LogP contribution in [0.5, 0.6) is 0 Å². The molecule has 1 atom stereocenters. The summed E-state index contributed by atoms with van der Waals surface area (Å²) in [4.78, 5) is 26.6. The number of carbonyl (C=O) groups is 2. The molecule has 0 spiro atoms. The van der Waals surface area contributed by atoms with Gasteiger partial charge in [-0.25, -0.2) is 0 Å². The van der Waals surface area contributed by atoms with E-state index in [2.05, 4.69) is 40.7 Å². The molecule has 0 radical (unpaired) electrons. The Morgan fingerprint density at radius 3 is 1.94 bits per heavy atom. The van der Waals surface area contributed by atoms with E-state index >= 15 is 0 Å². The fraction of sp³-hybridized carbons (Fsp3) is 0.769. The van der Waals surface area contributed by atoms with Crippen LogP contribution in [0, 0.1) is 5.92 Å². The van der Waals surface area contributed by atoms with Gasteiger partial charge >= 0.3 is 5.97 Å². The molecule has 1 heterocycles. The Morgan fingerprint density at radius 2 is 1.55 bits per heavy atom. The third-order valence-corrected chi connectivity index (χ3v) is 8.65. The molecular formula is C26H50NO3P. The topological polar surface area (TPSA) is 46.6 Å². The van der Waals surface area contributed by atoms with Gasteiger partial charge in [-0.05, 0) is 64.4 Å². The highest BCUT2D eigenvalue weighted by Crippen LogP contribution is 2.51. The van der Waals surface area contributed by atoms with Crippen molar-refractivity contribution in [3.05, 3.63) is 23.4 Å². The average molecular weight is 456 g/mol. The first-order valence-corrected chi connectivity index (χ1v) is 14.4. The molecule has 0 aromatic heterocycles. The van der Waals surface area contributed by atoms with Gasteiger partial charge in [0, 0.05) is 17.8 Å². The van der Waals surface area contributed by atoms with E-state index in [1.807, 2.05) is 41.5 Å². The van der Waals surface area contributed by atoms with Crippen LogP contribution in [0.2, 0.25) is 0 Å². The fourth-order valence-corrected chi connectivity index (χ4v) is 6.05. The molecule has 0 aliphatic carbocycles. The lowest BCUT2D eigenvalue weighted by Crippen LogP contribution is -2.42. The highest BCUT2D eigenvalue weighted by Gasteiger charge is 2.44. The third kappa shape index (κ3) is 8.37. The van der Waals surface area contributed by atoms with Crippen molar-refractivity contribution in [2.45, 2.75) is 99.6 Å². The molecule has 0 aromatic rings. The monoisotopic (exact) mass is 455 g/mol. The summed E-state index contributed by atoms with van der Waals surface area (Å²) in [5, 5.41) is -0.325. The maximum absolute atomic E-state index is 12.7. The highest BCUT2D eigenvalue weighted by atomic mass is 31.1. The van der Waals surface area contributed by atoms with Crippen LogP contribution in [0.1, 0.15) is 94.4 Å². The smallest absolute Gasteiger partial charge is 0.316 e. The van der Waals surface area contributed by atoms with Crippen molar-refractivity contribution in [2.75, 3.05) is 26.5 Å². The van der Waals surface area contributed by atoms with Crippen LogP contribution < -0.4 is 0 Å². The Hall–Kier alpha value is -1.15. The number of rotatable bonds is 11. The second-order valence-electron chi connectivity index (χ2n) is 8.03. The molecule has 0 saturated carbocycles. The van der Waals surface area contributed by atoms with Gasteiger partial charge in [0.2, 0.25) is 0 Å². The number of ether oxygens (including phenoxy) is 1. The number of nitrogens with zero attached hydrogens (tertiary/aromatic N) is 1. The molecule has 182 valence electrons. The summed E-state index contributed by atoms with van der Waals surface area (Å²) in [6, 6.07) is 0. The van der Waals surface area contributed by atoms with Crippen molar-refractivity contribution in [3.8, 4) is 0 Å². The highest BCUT2D eigenvalue weighted by molar-refractivity contribution is 7.58. The molecule has 1 rings (SSSR count). The zero-order valence-electron chi connectivity index (χ0n) is 22.4. The summed E-state index contributed by atoms with van der Waals surface area (Å²) < 4.78 is 5.66. The Balaban J connectivity index is 0. The Labute approximate surface area is 194 Å². The van der Waals surface area contributed by atoms with E-state index in [1.54, 1.807) is 4.90 Å². The first-order valence-electron chi connectivity index (χ1n) is 12.1. The van der Waals surface area contributed by atoms with Crippen LogP contribution in [0.25, 0.3) is 0 Å². The van der Waals surface area contributed by atoms with Gasteiger partial charge in [-0.15, -0.1) is 0 Å². The quantitative estimate of drug-likeness (QED) is 0.185. The Morgan fingerprint density at radius 1 is 1.03 bits per heavy atom. The fourth-order valence-electron chi connectivity index (χ4n) is 3.96. The third-order valence-electron chi connectivity index (χ3n) is 6.04. The summed E-state index contributed by atoms with van der Waals surface area (Å²) >= 11 is 0. The van der Waals surface area contributed by atoms with Crippen LogP contribution in [0.3, 0.4) is 0 Å². The SMILES string of the molecule is C=C1C(C)=C(C)C(=O)N1CCCCCCOC(=O)C(CC)(C(C)C)P(C)C.CC.CC. The number of allylic oxidation sites excluding steroid dienone is 1. The molecule has 4 nitrogen and oxygen atoms in total. The van der Waals surface area contributed by atoms with Crippen LogP contribution in [0.15, 0.2) is 23.4 Å². The maximum Gasteiger partial charge on any atom is 0.316 e. The number of esters is 1. The first kappa shape index (κ1) is 32.0. The molecule has 31 heavy (non-hydrogen) atoms. The molecule has 1 unspecified atom stereocenters. The largest absolute Gasteiger partial charge is 0.465 e. The predicted octanol–water partition coefficient (Wildman–Crippen LogP) is 7.38. The summed E-state index contributed by atoms with van der Waals surface area (Å²) in [6.45, 7) is 27.7. The molecular weight excluding hydrogens is 405 g/mol. The van der Waals surface area contributed by atoms with Crippen LogP contribution >= 0.6 is 7.92 Å². The maximum atomic E-state index is 12.7. The lowest BCUT2D eigenvalue weighted by molar-refractivity contribution is -0.148. The summed E-state index contributed by atoms with van der Waals surface area (Å²) in [5.74, 6) is 0.362. The molecule has 0 saturated heterocycles. The normalized spacial score (nSPS) is 15.5. The van der Waals surface area contributed by atoms with Gasteiger partial charge in [0.25, 0.3) is 5.91 Å². The van der Waals surface area contributed by atoms with E-state index in [4.69, 9.17) is 4.74 Å². The standard InChI is InChI=1S/C22H38NO3P.2C2H6/c1-9-22(16(2)3,27(7)8)21(25)26-15-13-11-10-12-14-23-19(6)17(4)18(5)20(23)24;2*1-2/h16H,6,9-15H2,1-5,7-8H3;2*1-2H3. The second kappa shape index (κ2) is 16.5. The van der Waals surface area contributed by atoms with Gasteiger partial charge in [0.15, 0.2) is 0 Å². The summed E-state index contributed by atoms with van der Waals surface area (Å²) in [5.41, 5.74) is 2.65. The van der Waals surface area contributed by atoms with E-state index in [1.165, 1.54) is 0 Å². The molecule has 0 fully saturated rings. The van der Waals surface area contributed by atoms with E-state index in [9.17, 15) is 9.59 Å². The zero-order valence-corrected chi connectivity index (χ0v) is 23.2. The van der Waals surface area contributed by atoms with Crippen LogP contribution in [-0.2, 0) is 14.3 Å². The van der Waals surface area contributed by atoms with Crippen molar-refractivity contribution in [2.24, 2.45) is 5.92 Å². The van der Waals surface area contributed by atoms with Crippen LogP contribution in [0.4, 0.5) is 0 Å². The Bertz CT molecular complexity index is 561. The number of hydrogen-bond donors (Lipinski definition) is 0. The molecule has 0 N–H and O–H groups in total. The van der Waals surface area contributed by atoms with E-state index < -0.39 is 7.92 Å². The molecule has 1 amide bonds. The van der Waals surface area contributed by atoms with Crippen LogP contribution in [-0.4, -0.2) is 48.4 Å².